The molecule has 29 heavy (non-hydrogen) atoms. The molecule has 1 fully saturated rings. The first-order valence-corrected chi connectivity index (χ1v) is 11.4. The zero-order chi connectivity index (χ0) is 21.0. The van der Waals surface area contributed by atoms with Crippen molar-refractivity contribution in [3.63, 3.8) is 0 Å². The second kappa shape index (κ2) is 8.97. The molecule has 0 aliphatic carbocycles. The number of amides is 1. The fourth-order valence-electron chi connectivity index (χ4n) is 3.49. The number of nitrogens with one attached hydrogen (secondary N) is 1. The predicted molar refractivity (Wildman–Crippen MR) is 116 cm³/mol. The number of aryl methyl sites for hydroxylation is 2. The quantitative estimate of drug-likeness (QED) is 0.815. The smallest absolute Gasteiger partial charge is 0.241 e. The van der Waals surface area contributed by atoms with Crippen molar-refractivity contribution in [3.05, 3.63) is 59.7 Å². The Labute approximate surface area is 173 Å². The second-order valence-corrected chi connectivity index (χ2v) is 9.37. The molecule has 0 aromatic heterocycles. The Hall–Kier alpha value is -2.38. The average Bonchev–Trinajstić information content (AvgIpc) is 2.94. The van der Waals surface area contributed by atoms with Crippen LogP contribution in [0.4, 0.5) is 5.69 Å². The van der Waals surface area contributed by atoms with Crippen molar-refractivity contribution in [2.75, 3.05) is 31.1 Å². The van der Waals surface area contributed by atoms with Crippen molar-refractivity contribution < 1.29 is 13.2 Å². The lowest BCUT2D eigenvalue weighted by atomic mass is 10.2. The number of hydrogen-bond acceptors (Lipinski definition) is 4. The minimum atomic E-state index is -3.73. The third-order valence-corrected chi connectivity index (χ3v) is 6.80. The monoisotopic (exact) mass is 415 g/mol. The number of rotatable bonds is 5. The lowest BCUT2D eigenvalue weighted by Gasteiger charge is -2.26. The van der Waals surface area contributed by atoms with Gasteiger partial charge in [0.25, 0.3) is 0 Å². The molecule has 0 radical (unpaired) electrons. The predicted octanol–water partition coefficient (Wildman–Crippen LogP) is 2.71. The molecule has 1 saturated heterocycles. The molecule has 0 spiro atoms. The fraction of sp³-hybridized carbons (Fsp3) is 0.409. The zero-order valence-electron chi connectivity index (χ0n) is 17.3. The molecule has 1 aliphatic rings. The van der Waals surface area contributed by atoms with E-state index < -0.39 is 16.1 Å². The number of benzene rings is 2. The molecule has 3 rings (SSSR count). The average molecular weight is 416 g/mol. The van der Waals surface area contributed by atoms with E-state index in [1.807, 2.05) is 6.92 Å². The highest BCUT2D eigenvalue weighted by Gasteiger charge is 2.27. The van der Waals surface area contributed by atoms with Gasteiger partial charge < -0.3 is 9.80 Å². The summed E-state index contributed by atoms with van der Waals surface area (Å²) in [6.45, 7) is 8.36. The van der Waals surface area contributed by atoms with Gasteiger partial charge in [-0.15, -0.1) is 0 Å². The fourth-order valence-corrected chi connectivity index (χ4v) is 4.69. The van der Waals surface area contributed by atoms with Crippen LogP contribution in [-0.4, -0.2) is 51.4 Å². The number of anilines is 1. The number of carbonyl (C=O) groups excluding carboxylic acids is 1. The van der Waals surface area contributed by atoms with Crippen LogP contribution in [0.5, 0.6) is 0 Å². The van der Waals surface area contributed by atoms with Gasteiger partial charge in [-0.2, -0.15) is 4.72 Å². The van der Waals surface area contributed by atoms with E-state index in [0.717, 1.165) is 30.8 Å². The van der Waals surface area contributed by atoms with E-state index in [1.165, 1.54) is 5.56 Å². The lowest BCUT2D eigenvalue weighted by Crippen LogP contribution is -2.47. The largest absolute Gasteiger partial charge is 0.370 e. The van der Waals surface area contributed by atoms with Crippen molar-refractivity contribution in [2.45, 2.75) is 38.1 Å². The maximum absolute atomic E-state index is 12.9. The zero-order valence-corrected chi connectivity index (χ0v) is 18.1. The molecule has 6 nitrogen and oxygen atoms in total. The van der Waals surface area contributed by atoms with Gasteiger partial charge in [-0.1, -0.05) is 35.4 Å². The van der Waals surface area contributed by atoms with Crippen LogP contribution in [0.15, 0.2) is 53.4 Å². The Morgan fingerprint density at radius 1 is 0.897 bits per heavy atom. The van der Waals surface area contributed by atoms with E-state index in [2.05, 4.69) is 40.8 Å². The summed E-state index contributed by atoms with van der Waals surface area (Å²) in [6.07, 6.45) is 0.844. The topological polar surface area (TPSA) is 69.7 Å². The number of sulfonamides is 1. The molecule has 7 heteroatoms. The van der Waals surface area contributed by atoms with Crippen LogP contribution in [0, 0.1) is 13.8 Å². The summed E-state index contributed by atoms with van der Waals surface area (Å²) >= 11 is 0. The summed E-state index contributed by atoms with van der Waals surface area (Å²) in [4.78, 5) is 17.1. The van der Waals surface area contributed by atoms with Crippen LogP contribution < -0.4 is 9.62 Å². The summed E-state index contributed by atoms with van der Waals surface area (Å²) in [5.41, 5.74) is 3.35. The van der Waals surface area contributed by atoms with E-state index in [1.54, 1.807) is 36.1 Å². The van der Waals surface area contributed by atoms with Gasteiger partial charge in [0.05, 0.1) is 10.9 Å². The van der Waals surface area contributed by atoms with Crippen molar-refractivity contribution >= 4 is 21.6 Å². The van der Waals surface area contributed by atoms with Crippen LogP contribution in [0.25, 0.3) is 0 Å². The molecule has 1 heterocycles. The van der Waals surface area contributed by atoms with Crippen LogP contribution >= 0.6 is 0 Å². The van der Waals surface area contributed by atoms with Crippen molar-refractivity contribution in [3.8, 4) is 0 Å². The normalized spacial score (nSPS) is 16.4. The summed E-state index contributed by atoms with van der Waals surface area (Å²) in [7, 11) is -3.73. The van der Waals surface area contributed by atoms with Gasteiger partial charge in [0.1, 0.15) is 0 Å². The number of hydrogen-bond donors (Lipinski definition) is 1. The van der Waals surface area contributed by atoms with Crippen LogP contribution in [0.2, 0.25) is 0 Å². The molecule has 1 atom stereocenters. The van der Waals surface area contributed by atoms with E-state index in [0.29, 0.717) is 13.1 Å². The van der Waals surface area contributed by atoms with Gasteiger partial charge in [-0.05, 0) is 51.5 Å². The molecule has 1 amide bonds. The maximum atomic E-state index is 12.9. The highest BCUT2D eigenvalue weighted by molar-refractivity contribution is 7.89. The van der Waals surface area contributed by atoms with Crippen LogP contribution in [0.1, 0.15) is 24.5 Å². The van der Waals surface area contributed by atoms with E-state index >= 15 is 0 Å². The molecule has 1 aliphatic heterocycles. The number of nitrogens with zero attached hydrogens (tertiary/aromatic N) is 2. The summed E-state index contributed by atoms with van der Waals surface area (Å²) in [6, 6.07) is 14.2. The van der Waals surface area contributed by atoms with Gasteiger partial charge in [-0.25, -0.2) is 8.42 Å². The van der Waals surface area contributed by atoms with Crippen molar-refractivity contribution in [2.24, 2.45) is 0 Å². The van der Waals surface area contributed by atoms with Gasteiger partial charge in [0, 0.05) is 31.9 Å². The molecular weight excluding hydrogens is 386 g/mol. The maximum Gasteiger partial charge on any atom is 0.241 e. The summed E-state index contributed by atoms with van der Waals surface area (Å²) in [5, 5.41) is 0. The molecule has 1 N–H and O–H groups in total. The van der Waals surface area contributed by atoms with Crippen LogP contribution in [-0.2, 0) is 14.8 Å². The second-order valence-electron chi connectivity index (χ2n) is 7.66. The standard InChI is InChI=1S/C22H29N3O3S/c1-17-5-9-20(10-6-17)24-13-4-14-25(16-15-24)22(26)19(3)23-29(27,28)21-11-7-18(2)8-12-21/h5-12,19,23H,4,13-16H2,1-3H3/t19-/m0/s1. The summed E-state index contributed by atoms with van der Waals surface area (Å²) in [5.74, 6) is -0.188. The van der Waals surface area contributed by atoms with Crippen LogP contribution in [0.3, 0.4) is 0 Å². The molecule has 0 saturated carbocycles. The van der Waals surface area contributed by atoms with E-state index in [4.69, 9.17) is 0 Å². The van der Waals surface area contributed by atoms with E-state index in [9.17, 15) is 13.2 Å². The minimum absolute atomic E-state index is 0.171. The first kappa shape index (κ1) is 21.3. The third-order valence-electron chi connectivity index (χ3n) is 5.24. The number of carbonyl (C=O) groups is 1. The Morgan fingerprint density at radius 3 is 2.10 bits per heavy atom. The van der Waals surface area contributed by atoms with Gasteiger partial charge >= 0.3 is 0 Å². The highest BCUT2D eigenvalue weighted by Crippen LogP contribution is 2.18. The molecule has 0 unspecified atom stereocenters. The van der Waals surface area contributed by atoms with Gasteiger partial charge in [0.2, 0.25) is 15.9 Å². The van der Waals surface area contributed by atoms with Crippen molar-refractivity contribution in [1.29, 1.82) is 0 Å². The van der Waals surface area contributed by atoms with Gasteiger partial charge in [-0.3, -0.25) is 4.79 Å². The van der Waals surface area contributed by atoms with E-state index in [-0.39, 0.29) is 10.8 Å². The third kappa shape index (κ3) is 5.36. The first-order chi connectivity index (χ1) is 13.8. The van der Waals surface area contributed by atoms with Crippen molar-refractivity contribution in [1.82, 2.24) is 9.62 Å². The Bertz CT molecular complexity index is 940. The highest BCUT2D eigenvalue weighted by atomic mass is 32.2. The summed E-state index contributed by atoms with van der Waals surface area (Å²) < 4.78 is 27.7. The molecule has 156 valence electrons. The Morgan fingerprint density at radius 2 is 1.48 bits per heavy atom. The Kier molecular flexibility index (Phi) is 6.59. The minimum Gasteiger partial charge on any atom is -0.370 e. The molecule has 0 bridgehead atoms. The molecule has 2 aromatic carbocycles. The molecule has 2 aromatic rings. The van der Waals surface area contributed by atoms with Gasteiger partial charge in [0.15, 0.2) is 0 Å². The lowest BCUT2D eigenvalue weighted by molar-refractivity contribution is -0.132. The Balaban J connectivity index is 1.62. The first-order valence-electron chi connectivity index (χ1n) is 9.96. The SMILES string of the molecule is Cc1ccc(N2CCCN(C(=O)[C@H](C)NS(=O)(=O)c3ccc(C)cc3)CC2)cc1. The molecular formula is C22H29N3O3S.